The summed E-state index contributed by atoms with van der Waals surface area (Å²) in [5.41, 5.74) is 2.01. The molecule has 0 atom stereocenters. The molecule has 0 unspecified atom stereocenters. The fourth-order valence-corrected chi connectivity index (χ4v) is 2.38. The average molecular weight is 241 g/mol. The number of hydrogen-bond donors (Lipinski definition) is 0. The van der Waals surface area contributed by atoms with Crippen molar-refractivity contribution in [3.8, 4) is 15.7 Å². The number of hydrogen-bond acceptors (Lipinski definition) is 4. The van der Waals surface area contributed by atoms with E-state index < -0.39 is 0 Å². The van der Waals surface area contributed by atoms with Crippen LogP contribution in [0.25, 0.3) is 15.7 Å². The Kier molecular flexibility index (Phi) is 2.45. The monoisotopic (exact) mass is 241 g/mol. The molecule has 0 aliphatic rings. The molecule has 2 heterocycles. The van der Waals surface area contributed by atoms with E-state index in [0.717, 1.165) is 21.4 Å². The summed E-state index contributed by atoms with van der Waals surface area (Å²) in [5.74, 6) is 0. The molecule has 3 rings (SSSR count). The van der Waals surface area contributed by atoms with Crippen LogP contribution in [0.4, 0.5) is 0 Å². The predicted molar refractivity (Wildman–Crippen MR) is 66.0 cm³/mol. The molecule has 0 saturated carbocycles. The maximum absolute atomic E-state index is 4.18. The molecule has 0 spiro atoms. The van der Waals surface area contributed by atoms with Crippen LogP contribution in [-0.4, -0.2) is 20.0 Å². The highest BCUT2D eigenvalue weighted by molar-refractivity contribution is 7.17. The van der Waals surface area contributed by atoms with E-state index in [1.807, 2.05) is 37.3 Å². The smallest absolute Gasteiger partial charge is 0.209 e. The van der Waals surface area contributed by atoms with Gasteiger partial charge in [0.15, 0.2) is 0 Å². The van der Waals surface area contributed by atoms with Gasteiger partial charge in [-0.15, -0.1) is 10.2 Å². The molecule has 2 aromatic heterocycles. The van der Waals surface area contributed by atoms with Gasteiger partial charge in [0.05, 0.1) is 11.9 Å². The van der Waals surface area contributed by atoms with E-state index in [1.165, 1.54) is 11.3 Å². The Morgan fingerprint density at radius 1 is 1.18 bits per heavy atom. The average Bonchev–Trinajstić information content (AvgIpc) is 2.98. The maximum atomic E-state index is 4.18. The molecule has 0 N–H and O–H groups in total. The highest BCUT2D eigenvalue weighted by Crippen LogP contribution is 2.25. The molecule has 1 aromatic carbocycles. The van der Waals surface area contributed by atoms with E-state index in [9.17, 15) is 0 Å². The van der Waals surface area contributed by atoms with Crippen LogP contribution in [0.5, 0.6) is 0 Å². The lowest BCUT2D eigenvalue weighted by atomic mass is 10.2. The normalized spacial score (nSPS) is 10.6. The number of nitrogens with zero attached hydrogens (tertiary/aromatic N) is 4. The third kappa shape index (κ3) is 1.85. The lowest BCUT2D eigenvalue weighted by Crippen LogP contribution is -1.97. The number of aromatic nitrogens is 4. The highest BCUT2D eigenvalue weighted by atomic mass is 32.1. The third-order valence-electron chi connectivity index (χ3n) is 2.38. The Bertz CT molecular complexity index is 627. The summed E-state index contributed by atoms with van der Waals surface area (Å²) in [6, 6.07) is 13.0. The first-order valence-corrected chi connectivity index (χ1v) is 5.98. The molecule has 5 heteroatoms. The van der Waals surface area contributed by atoms with Crippen molar-refractivity contribution in [3.63, 3.8) is 0 Å². The van der Waals surface area contributed by atoms with Crippen molar-refractivity contribution in [2.75, 3.05) is 0 Å². The zero-order chi connectivity index (χ0) is 11.7. The number of aryl methyl sites for hydroxylation is 1. The second kappa shape index (κ2) is 4.10. The van der Waals surface area contributed by atoms with Crippen molar-refractivity contribution < 1.29 is 0 Å². The van der Waals surface area contributed by atoms with Gasteiger partial charge in [0.1, 0.15) is 5.01 Å². The minimum Gasteiger partial charge on any atom is -0.209 e. The molecule has 0 amide bonds. The standard InChI is InChI=1S/C12H9N4S/c1-9-7-8-13-16(9)12-15-14-11(17-12)10-5-3-2-4-6-10/h2-6,8H,1H3. The Hall–Kier alpha value is -2.01. The summed E-state index contributed by atoms with van der Waals surface area (Å²) in [7, 11) is 0. The first-order valence-electron chi connectivity index (χ1n) is 5.16. The summed E-state index contributed by atoms with van der Waals surface area (Å²) in [6.07, 6.45) is 1.64. The van der Waals surface area contributed by atoms with Gasteiger partial charge in [-0.25, -0.2) is 4.68 Å². The fourth-order valence-electron chi connectivity index (χ4n) is 1.52. The van der Waals surface area contributed by atoms with Crippen LogP contribution in [-0.2, 0) is 0 Å². The minimum absolute atomic E-state index is 0.766. The van der Waals surface area contributed by atoms with Gasteiger partial charge in [0.25, 0.3) is 0 Å². The van der Waals surface area contributed by atoms with E-state index in [1.54, 1.807) is 10.9 Å². The van der Waals surface area contributed by atoms with Crippen molar-refractivity contribution in [2.45, 2.75) is 6.92 Å². The van der Waals surface area contributed by atoms with E-state index in [4.69, 9.17) is 0 Å². The largest absolute Gasteiger partial charge is 0.233 e. The van der Waals surface area contributed by atoms with Crippen LogP contribution in [0.15, 0.2) is 36.5 Å². The summed E-state index contributed by atoms with van der Waals surface area (Å²) < 4.78 is 1.74. The summed E-state index contributed by atoms with van der Waals surface area (Å²) in [5, 5.41) is 14.1. The summed E-state index contributed by atoms with van der Waals surface area (Å²) in [6.45, 7) is 1.94. The highest BCUT2D eigenvalue weighted by Gasteiger charge is 2.09. The Balaban J connectivity index is 2.02. The van der Waals surface area contributed by atoms with Crippen LogP contribution in [0, 0.1) is 13.0 Å². The predicted octanol–water partition coefficient (Wildman–Crippen LogP) is 2.50. The fraction of sp³-hybridized carbons (Fsp3) is 0.0833. The molecular weight excluding hydrogens is 232 g/mol. The second-order valence-corrected chi connectivity index (χ2v) is 4.50. The molecule has 0 fully saturated rings. The third-order valence-corrected chi connectivity index (χ3v) is 3.33. The molecule has 4 nitrogen and oxygen atoms in total. The zero-order valence-corrected chi connectivity index (χ0v) is 9.98. The van der Waals surface area contributed by atoms with Crippen LogP contribution < -0.4 is 0 Å². The molecule has 3 aromatic rings. The van der Waals surface area contributed by atoms with Crippen molar-refractivity contribution in [1.29, 1.82) is 0 Å². The topological polar surface area (TPSA) is 43.6 Å². The van der Waals surface area contributed by atoms with Crippen LogP contribution in [0.1, 0.15) is 5.69 Å². The van der Waals surface area contributed by atoms with Crippen molar-refractivity contribution in [1.82, 2.24) is 20.0 Å². The number of benzene rings is 1. The molecule has 17 heavy (non-hydrogen) atoms. The second-order valence-electron chi connectivity index (χ2n) is 3.54. The lowest BCUT2D eigenvalue weighted by molar-refractivity contribution is 0.819. The molecule has 83 valence electrons. The van der Waals surface area contributed by atoms with Gasteiger partial charge < -0.3 is 0 Å². The Labute approximate surface area is 103 Å². The lowest BCUT2D eigenvalue weighted by Gasteiger charge is -1.95. The number of rotatable bonds is 2. The van der Waals surface area contributed by atoms with Gasteiger partial charge in [-0.2, -0.15) is 5.10 Å². The summed E-state index contributed by atoms with van der Waals surface area (Å²) in [4.78, 5) is 0. The quantitative estimate of drug-likeness (QED) is 0.692. The van der Waals surface area contributed by atoms with Gasteiger partial charge in [0.2, 0.25) is 5.13 Å². The molecule has 0 saturated heterocycles. The molecule has 1 radical (unpaired) electrons. The summed E-state index contributed by atoms with van der Waals surface area (Å²) >= 11 is 1.52. The first kappa shape index (κ1) is 10.2. The maximum Gasteiger partial charge on any atom is 0.233 e. The zero-order valence-electron chi connectivity index (χ0n) is 9.16. The van der Waals surface area contributed by atoms with Crippen molar-refractivity contribution in [2.24, 2.45) is 0 Å². The van der Waals surface area contributed by atoms with Crippen LogP contribution >= 0.6 is 11.3 Å². The first-order chi connectivity index (χ1) is 8.34. The molecular formula is C12H9N4S. The van der Waals surface area contributed by atoms with Crippen LogP contribution in [0.2, 0.25) is 0 Å². The van der Waals surface area contributed by atoms with E-state index in [2.05, 4.69) is 21.4 Å². The minimum atomic E-state index is 0.766. The van der Waals surface area contributed by atoms with Crippen LogP contribution in [0.3, 0.4) is 0 Å². The van der Waals surface area contributed by atoms with Gasteiger partial charge in [0, 0.05) is 11.6 Å². The van der Waals surface area contributed by atoms with Gasteiger partial charge in [-0.05, 0) is 6.92 Å². The molecule has 0 bridgehead atoms. The SMILES string of the molecule is Cc1[c]cnn1-c1nnc(-c2ccccc2)s1. The van der Waals surface area contributed by atoms with E-state index in [-0.39, 0.29) is 0 Å². The Morgan fingerprint density at radius 2 is 2.00 bits per heavy atom. The van der Waals surface area contributed by atoms with Crippen molar-refractivity contribution in [3.05, 3.63) is 48.3 Å². The van der Waals surface area contributed by atoms with E-state index in [0.29, 0.717) is 0 Å². The van der Waals surface area contributed by atoms with Gasteiger partial charge >= 0.3 is 0 Å². The van der Waals surface area contributed by atoms with Gasteiger partial charge in [-0.1, -0.05) is 41.7 Å². The molecule has 0 aliphatic heterocycles. The Morgan fingerprint density at radius 3 is 2.71 bits per heavy atom. The molecule has 0 aliphatic carbocycles. The van der Waals surface area contributed by atoms with E-state index >= 15 is 0 Å². The van der Waals surface area contributed by atoms with Crippen molar-refractivity contribution >= 4 is 11.3 Å². The van der Waals surface area contributed by atoms with Gasteiger partial charge in [-0.3, -0.25) is 0 Å².